The number of aromatic nitrogens is 2. The van der Waals surface area contributed by atoms with E-state index in [1.54, 1.807) is 0 Å². The number of nitrogens with zero attached hydrogens (tertiary/aromatic N) is 2. The summed E-state index contributed by atoms with van der Waals surface area (Å²) in [5.74, 6) is 3.28. The zero-order chi connectivity index (χ0) is 20.8. The van der Waals surface area contributed by atoms with Gasteiger partial charge in [0, 0.05) is 28.9 Å². The van der Waals surface area contributed by atoms with E-state index in [-0.39, 0.29) is 6.03 Å². The number of carbonyl (C=O) groups excluding carboxylic acids is 1. The first-order valence-electron chi connectivity index (χ1n) is 9.38. The van der Waals surface area contributed by atoms with E-state index in [1.165, 1.54) is 6.33 Å². The maximum absolute atomic E-state index is 12.2. The molecule has 3 N–H and O–H groups in total. The highest BCUT2D eigenvalue weighted by Crippen LogP contribution is 2.25. The average Bonchev–Trinajstić information content (AvgIpc) is 2.78. The van der Waals surface area contributed by atoms with Crippen LogP contribution in [0.3, 0.4) is 0 Å². The number of rotatable bonds is 5. The predicted octanol–water partition coefficient (Wildman–Crippen LogP) is 4.68. The topological polar surface area (TPSA) is 78.9 Å². The second kappa shape index (κ2) is 8.76. The van der Waals surface area contributed by atoms with E-state index in [0.29, 0.717) is 23.6 Å². The molecule has 0 saturated carbocycles. The molecule has 146 valence electrons. The standard InChI is InChI=1S/C24H19N5O/c1-2-17-9-6-10-19(13-17)28-23-21-12-11-20(14-22(21)26-16-27-23)29-24(30)25-15-18-7-4-3-5-8-18/h1,3-14,16H,15H2,(H2,25,29,30)(H,26,27,28). The fraction of sp³-hybridized carbons (Fsp3) is 0.0417. The van der Waals surface area contributed by atoms with Crippen molar-refractivity contribution >= 4 is 34.1 Å². The summed E-state index contributed by atoms with van der Waals surface area (Å²) in [6.45, 7) is 0.452. The summed E-state index contributed by atoms with van der Waals surface area (Å²) in [5.41, 5.74) is 4.01. The van der Waals surface area contributed by atoms with Crippen LogP contribution in [0.1, 0.15) is 11.1 Å². The van der Waals surface area contributed by atoms with Crippen molar-refractivity contribution in [3.63, 3.8) is 0 Å². The Bertz CT molecular complexity index is 1230. The minimum absolute atomic E-state index is 0.281. The number of urea groups is 1. The Morgan fingerprint density at radius 3 is 2.63 bits per heavy atom. The molecular weight excluding hydrogens is 374 g/mol. The molecule has 4 aromatic rings. The Kier molecular flexibility index (Phi) is 5.54. The molecule has 2 amide bonds. The van der Waals surface area contributed by atoms with Crippen LogP contribution in [0.15, 0.2) is 79.1 Å². The highest BCUT2D eigenvalue weighted by atomic mass is 16.2. The fourth-order valence-corrected chi connectivity index (χ4v) is 3.01. The van der Waals surface area contributed by atoms with Gasteiger partial charge in [-0.1, -0.05) is 42.3 Å². The molecule has 6 nitrogen and oxygen atoms in total. The van der Waals surface area contributed by atoms with Crippen molar-refractivity contribution in [2.24, 2.45) is 0 Å². The Hall–Kier alpha value is -4.37. The molecule has 0 radical (unpaired) electrons. The monoisotopic (exact) mass is 393 g/mol. The second-order valence-corrected chi connectivity index (χ2v) is 6.60. The van der Waals surface area contributed by atoms with E-state index in [0.717, 1.165) is 22.2 Å². The first kappa shape index (κ1) is 19.0. The van der Waals surface area contributed by atoms with Crippen molar-refractivity contribution in [1.82, 2.24) is 15.3 Å². The summed E-state index contributed by atoms with van der Waals surface area (Å²) in [7, 11) is 0. The van der Waals surface area contributed by atoms with Crippen LogP contribution in [0, 0.1) is 12.3 Å². The first-order valence-corrected chi connectivity index (χ1v) is 9.38. The SMILES string of the molecule is C#Cc1cccc(Nc2ncnc3cc(NC(=O)NCc4ccccc4)ccc23)c1. The van der Waals surface area contributed by atoms with Gasteiger partial charge >= 0.3 is 6.03 Å². The number of terminal acetylenes is 1. The Morgan fingerprint density at radius 1 is 0.933 bits per heavy atom. The number of carbonyl (C=O) groups is 1. The third-order valence-corrected chi connectivity index (χ3v) is 4.48. The molecule has 0 aliphatic carbocycles. The molecule has 0 saturated heterocycles. The van der Waals surface area contributed by atoms with Gasteiger partial charge in [0.2, 0.25) is 0 Å². The van der Waals surface area contributed by atoms with Crippen LogP contribution in [0.5, 0.6) is 0 Å². The van der Waals surface area contributed by atoms with Crippen molar-refractivity contribution in [1.29, 1.82) is 0 Å². The van der Waals surface area contributed by atoms with Gasteiger partial charge in [0.1, 0.15) is 12.1 Å². The van der Waals surface area contributed by atoms with Crippen LogP contribution in [0.25, 0.3) is 10.9 Å². The van der Waals surface area contributed by atoms with Crippen LogP contribution in [0.2, 0.25) is 0 Å². The molecule has 4 rings (SSSR count). The van der Waals surface area contributed by atoms with Crippen LogP contribution >= 0.6 is 0 Å². The summed E-state index contributed by atoms with van der Waals surface area (Å²) < 4.78 is 0. The number of nitrogens with one attached hydrogen (secondary N) is 3. The zero-order valence-electron chi connectivity index (χ0n) is 16.1. The number of benzene rings is 3. The lowest BCUT2D eigenvalue weighted by Gasteiger charge is -2.11. The van der Waals surface area contributed by atoms with Crippen molar-refractivity contribution in [3.8, 4) is 12.3 Å². The normalized spacial score (nSPS) is 10.2. The Balaban J connectivity index is 1.48. The summed E-state index contributed by atoms with van der Waals surface area (Å²) >= 11 is 0. The van der Waals surface area contributed by atoms with Crippen LogP contribution in [0.4, 0.5) is 22.0 Å². The lowest BCUT2D eigenvalue weighted by Crippen LogP contribution is -2.28. The number of hydrogen-bond donors (Lipinski definition) is 3. The summed E-state index contributed by atoms with van der Waals surface area (Å²) in [6.07, 6.45) is 6.95. The maximum atomic E-state index is 12.2. The van der Waals surface area contributed by atoms with E-state index in [1.807, 2.05) is 72.8 Å². The molecule has 0 fully saturated rings. The molecule has 0 aliphatic heterocycles. The largest absolute Gasteiger partial charge is 0.340 e. The van der Waals surface area contributed by atoms with Crippen molar-refractivity contribution < 1.29 is 4.79 Å². The number of hydrogen-bond acceptors (Lipinski definition) is 4. The number of fused-ring (bicyclic) bond motifs is 1. The van der Waals surface area contributed by atoms with Gasteiger partial charge in [-0.15, -0.1) is 6.42 Å². The minimum atomic E-state index is -0.281. The Morgan fingerprint density at radius 2 is 1.80 bits per heavy atom. The summed E-state index contributed by atoms with van der Waals surface area (Å²) in [5, 5.41) is 9.78. The van der Waals surface area contributed by atoms with Crippen molar-refractivity contribution in [2.75, 3.05) is 10.6 Å². The molecule has 0 atom stereocenters. The number of anilines is 3. The van der Waals surface area contributed by atoms with E-state index < -0.39 is 0 Å². The zero-order valence-corrected chi connectivity index (χ0v) is 16.1. The van der Waals surface area contributed by atoms with Gasteiger partial charge in [0.15, 0.2) is 0 Å². The Labute approximate surface area is 174 Å². The highest BCUT2D eigenvalue weighted by Gasteiger charge is 2.07. The van der Waals surface area contributed by atoms with Gasteiger partial charge in [-0.05, 0) is 42.0 Å². The molecule has 1 aromatic heterocycles. The van der Waals surface area contributed by atoms with E-state index in [4.69, 9.17) is 6.42 Å². The summed E-state index contributed by atoms with van der Waals surface area (Å²) in [4.78, 5) is 20.9. The third-order valence-electron chi connectivity index (χ3n) is 4.48. The molecule has 0 unspecified atom stereocenters. The van der Waals surface area contributed by atoms with Gasteiger partial charge in [-0.3, -0.25) is 0 Å². The van der Waals surface area contributed by atoms with Crippen LogP contribution in [-0.4, -0.2) is 16.0 Å². The fourth-order valence-electron chi connectivity index (χ4n) is 3.01. The molecule has 3 aromatic carbocycles. The van der Waals surface area contributed by atoms with Crippen molar-refractivity contribution in [3.05, 3.63) is 90.3 Å². The lowest BCUT2D eigenvalue weighted by molar-refractivity contribution is 0.251. The lowest BCUT2D eigenvalue weighted by atomic mass is 10.2. The molecule has 0 spiro atoms. The van der Waals surface area contributed by atoms with Crippen LogP contribution in [-0.2, 0) is 6.54 Å². The van der Waals surface area contributed by atoms with Gasteiger partial charge in [-0.2, -0.15) is 0 Å². The van der Waals surface area contributed by atoms with Crippen molar-refractivity contribution in [2.45, 2.75) is 6.54 Å². The number of amides is 2. The van der Waals surface area contributed by atoms with E-state index in [9.17, 15) is 4.79 Å². The van der Waals surface area contributed by atoms with Gasteiger partial charge in [-0.25, -0.2) is 14.8 Å². The molecule has 30 heavy (non-hydrogen) atoms. The van der Waals surface area contributed by atoms with Gasteiger partial charge < -0.3 is 16.0 Å². The quantitative estimate of drug-likeness (QED) is 0.430. The van der Waals surface area contributed by atoms with E-state index in [2.05, 4.69) is 31.8 Å². The average molecular weight is 393 g/mol. The first-order chi connectivity index (χ1) is 14.7. The smallest absolute Gasteiger partial charge is 0.319 e. The molecule has 0 bridgehead atoms. The molecule has 1 heterocycles. The second-order valence-electron chi connectivity index (χ2n) is 6.60. The third kappa shape index (κ3) is 4.54. The minimum Gasteiger partial charge on any atom is -0.340 e. The van der Waals surface area contributed by atoms with E-state index >= 15 is 0 Å². The summed E-state index contributed by atoms with van der Waals surface area (Å²) in [6, 6.07) is 22.5. The van der Waals surface area contributed by atoms with Gasteiger partial charge in [0.25, 0.3) is 0 Å². The molecule has 6 heteroatoms. The molecule has 0 aliphatic rings. The molecular formula is C24H19N5O. The van der Waals surface area contributed by atoms with Gasteiger partial charge in [0.05, 0.1) is 5.52 Å². The van der Waals surface area contributed by atoms with Crippen LogP contribution < -0.4 is 16.0 Å². The highest BCUT2D eigenvalue weighted by molar-refractivity contribution is 5.96. The maximum Gasteiger partial charge on any atom is 0.319 e. The predicted molar refractivity (Wildman–Crippen MR) is 119 cm³/mol.